The maximum absolute atomic E-state index is 4.54. The van der Waals surface area contributed by atoms with Crippen molar-refractivity contribution in [1.29, 1.82) is 0 Å². The minimum atomic E-state index is 0.871. The van der Waals surface area contributed by atoms with Crippen LogP contribution in [0.3, 0.4) is 0 Å². The number of piperazine rings is 1. The first kappa shape index (κ1) is 14.1. The van der Waals surface area contributed by atoms with Crippen molar-refractivity contribution in [3.05, 3.63) is 49.6 Å². The molecule has 1 fully saturated rings. The Morgan fingerprint density at radius 3 is 2.36 bits per heavy atom. The Hall–Kier alpha value is -3.29. The summed E-state index contributed by atoms with van der Waals surface area (Å²) < 4.78 is 2.00. The van der Waals surface area contributed by atoms with Gasteiger partial charge in [0.2, 0.25) is 0 Å². The van der Waals surface area contributed by atoms with Crippen LogP contribution in [0, 0.1) is 0 Å². The zero-order valence-corrected chi connectivity index (χ0v) is 13.5. The molecule has 4 aromatic rings. The molecule has 0 radical (unpaired) electrons. The summed E-state index contributed by atoms with van der Waals surface area (Å²) in [6.45, 7) is 3.49. The average Bonchev–Trinajstić information content (AvgIpc) is 3.17. The van der Waals surface area contributed by atoms with E-state index in [4.69, 9.17) is 0 Å². The molecule has 8 heteroatoms. The fourth-order valence-electron chi connectivity index (χ4n) is 3.34. The highest BCUT2D eigenvalue weighted by Crippen LogP contribution is 2.25. The molecular formula is C17H16N8. The van der Waals surface area contributed by atoms with Crippen molar-refractivity contribution in [3.8, 4) is 0 Å². The number of nitrogens with zero attached hydrogens (tertiary/aromatic N) is 8. The van der Waals surface area contributed by atoms with Crippen molar-refractivity contribution in [2.75, 3.05) is 36.0 Å². The lowest BCUT2D eigenvalue weighted by atomic mass is 10.2. The Kier molecular flexibility index (Phi) is 3.19. The molecule has 124 valence electrons. The molecule has 0 bridgehead atoms. The normalized spacial score (nSPS) is 15.2. The molecule has 0 atom stereocenters. The summed E-state index contributed by atoms with van der Waals surface area (Å²) >= 11 is 0. The van der Waals surface area contributed by atoms with Gasteiger partial charge >= 0.3 is 0 Å². The second kappa shape index (κ2) is 5.66. The molecule has 4 aromatic heterocycles. The molecule has 0 unspecified atom stereocenters. The second-order valence-corrected chi connectivity index (χ2v) is 5.97. The highest BCUT2D eigenvalue weighted by Gasteiger charge is 2.22. The maximum atomic E-state index is 4.54. The molecule has 0 amide bonds. The van der Waals surface area contributed by atoms with Crippen molar-refractivity contribution >= 4 is 28.2 Å². The minimum absolute atomic E-state index is 0.871. The number of anilines is 2. The maximum Gasteiger partial charge on any atom is 0.180 e. The van der Waals surface area contributed by atoms with Crippen LogP contribution in [0.1, 0.15) is 0 Å². The molecule has 0 aromatic carbocycles. The molecule has 1 aliphatic heterocycles. The van der Waals surface area contributed by atoms with E-state index >= 15 is 0 Å². The average molecular weight is 332 g/mol. The third kappa shape index (κ3) is 2.34. The Bertz CT molecular complexity index is 1030. The number of hydrogen-bond acceptors (Lipinski definition) is 7. The van der Waals surface area contributed by atoms with E-state index in [1.165, 1.54) is 0 Å². The summed E-state index contributed by atoms with van der Waals surface area (Å²) in [5.74, 6) is 1.91. The van der Waals surface area contributed by atoms with Gasteiger partial charge in [0.15, 0.2) is 11.5 Å². The van der Waals surface area contributed by atoms with Crippen molar-refractivity contribution in [3.63, 3.8) is 0 Å². The first-order valence-electron chi connectivity index (χ1n) is 8.22. The lowest BCUT2D eigenvalue weighted by molar-refractivity contribution is 0.643. The molecule has 5 rings (SSSR count). The third-order valence-corrected chi connectivity index (χ3v) is 4.59. The van der Waals surface area contributed by atoms with Gasteiger partial charge in [-0.15, -0.1) is 0 Å². The van der Waals surface area contributed by atoms with Gasteiger partial charge in [-0.3, -0.25) is 4.98 Å². The van der Waals surface area contributed by atoms with Gasteiger partial charge in [0, 0.05) is 62.5 Å². The van der Waals surface area contributed by atoms with Crippen LogP contribution in [0.2, 0.25) is 0 Å². The highest BCUT2D eigenvalue weighted by atomic mass is 15.3. The summed E-state index contributed by atoms with van der Waals surface area (Å²) in [4.78, 5) is 26.5. The topological polar surface area (TPSA) is 75.3 Å². The summed E-state index contributed by atoms with van der Waals surface area (Å²) in [5, 5.41) is 1.04. The molecule has 5 heterocycles. The molecule has 1 aliphatic rings. The number of rotatable bonds is 2. The van der Waals surface area contributed by atoms with Crippen LogP contribution >= 0.6 is 0 Å². The van der Waals surface area contributed by atoms with Crippen LogP contribution in [0.4, 0.5) is 11.6 Å². The molecule has 8 nitrogen and oxygen atoms in total. The number of imidazole rings is 1. The molecule has 0 spiro atoms. The van der Waals surface area contributed by atoms with Gasteiger partial charge in [-0.05, 0) is 6.07 Å². The van der Waals surface area contributed by atoms with E-state index in [0.29, 0.717) is 0 Å². The lowest BCUT2D eigenvalue weighted by Gasteiger charge is -2.36. The van der Waals surface area contributed by atoms with Crippen molar-refractivity contribution < 1.29 is 0 Å². The minimum Gasteiger partial charge on any atom is -0.352 e. The number of fused-ring (bicyclic) bond motifs is 2. The van der Waals surface area contributed by atoms with Crippen molar-refractivity contribution in [2.45, 2.75) is 0 Å². The van der Waals surface area contributed by atoms with Gasteiger partial charge in [0.25, 0.3) is 0 Å². The van der Waals surface area contributed by atoms with Crippen LogP contribution in [0.5, 0.6) is 0 Å². The smallest absolute Gasteiger partial charge is 0.180 e. The van der Waals surface area contributed by atoms with Crippen LogP contribution < -0.4 is 9.80 Å². The van der Waals surface area contributed by atoms with E-state index < -0.39 is 0 Å². The van der Waals surface area contributed by atoms with E-state index in [9.17, 15) is 0 Å². The third-order valence-electron chi connectivity index (χ3n) is 4.59. The molecule has 0 saturated carbocycles. The van der Waals surface area contributed by atoms with E-state index in [2.05, 4.69) is 34.7 Å². The SMILES string of the molecule is c1cc2c(N3CCN(c4nccn5ccnc45)CC3)ncnc2cn1. The zero-order valence-electron chi connectivity index (χ0n) is 13.5. The van der Waals surface area contributed by atoms with Crippen LogP contribution in [-0.2, 0) is 0 Å². The van der Waals surface area contributed by atoms with Gasteiger partial charge in [0.05, 0.1) is 11.7 Å². The fraction of sp³-hybridized carbons (Fsp3) is 0.235. The largest absolute Gasteiger partial charge is 0.352 e. The number of aromatic nitrogens is 6. The number of hydrogen-bond donors (Lipinski definition) is 0. The Balaban J connectivity index is 1.42. The molecular weight excluding hydrogens is 316 g/mol. The summed E-state index contributed by atoms with van der Waals surface area (Å²) in [5.41, 5.74) is 1.77. The van der Waals surface area contributed by atoms with Crippen molar-refractivity contribution in [2.24, 2.45) is 0 Å². The quantitative estimate of drug-likeness (QED) is 0.549. The van der Waals surface area contributed by atoms with E-state index in [1.807, 2.05) is 29.1 Å². The van der Waals surface area contributed by atoms with Gasteiger partial charge in [0.1, 0.15) is 12.1 Å². The summed E-state index contributed by atoms with van der Waals surface area (Å²) in [6.07, 6.45) is 12.7. The fourth-order valence-corrected chi connectivity index (χ4v) is 3.34. The number of pyridine rings is 1. The first-order valence-corrected chi connectivity index (χ1v) is 8.22. The van der Waals surface area contributed by atoms with Gasteiger partial charge < -0.3 is 14.2 Å². The van der Waals surface area contributed by atoms with Crippen LogP contribution in [-0.4, -0.2) is 55.5 Å². The summed E-state index contributed by atoms with van der Waals surface area (Å²) in [7, 11) is 0. The Labute approximate surface area is 143 Å². The molecule has 1 saturated heterocycles. The molecule has 0 aliphatic carbocycles. The lowest BCUT2D eigenvalue weighted by Crippen LogP contribution is -2.47. The second-order valence-electron chi connectivity index (χ2n) is 5.97. The standard InChI is InChI=1S/C17H16N8/c1-2-18-11-14-13(1)15(22-12-21-14)24-7-9-25(10-8-24)17-16-19-3-5-23(16)6-4-20-17/h1-6,11-12H,7-10H2. The van der Waals surface area contributed by atoms with Crippen molar-refractivity contribution in [1.82, 2.24) is 29.3 Å². The predicted molar refractivity (Wildman–Crippen MR) is 94.7 cm³/mol. The van der Waals surface area contributed by atoms with Gasteiger partial charge in [-0.2, -0.15) is 0 Å². The van der Waals surface area contributed by atoms with Crippen LogP contribution in [0.15, 0.2) is 49.6 Å². The van der Waals surface area contributed by atoms with Gasteiger partial charge in [-0.25, -0.2) is 19.9 Å². The monoisotopic (exact) mass is 332 g/mol. The molecule has 0 N–H and O–H groups in total. The molecule has 25 heavy (non-hydrogen) atoms. The van der Waals surface area contributed by atoms with Gasteiger partial charge in [-0.1, -0.05) is 0 Å². The first-order chi connectivity index (χ1) is 12.4. The Morgan fingerprint density at radius 2 is 1.52 bits per heavy atom. The predicted octanol–water partition coefficient (Wildman–Crippen LogP) is 1.39. The zero-order chi connectivity index (χ0) is 16.6. The van der Waals surface area contributed by atoms with E-state index in [-0.39, 0.29) is 0 Å². The Morgan fingerprint density at radius 1 is 0.760 bits per heavy atom. The van der Waals surface area contributed by atoms with Crippen LogP contribution in [0.25, 0.3) is 16.6 Å². The van der Waals surface area contributed by atoms with E-state index in [0.717, 1.165) is 54.4 Å². The van der Waals surface area contributed by atoms with E-state index in [1.54, 1.807) is 24.9 Å². The highest BCUT2D eigenvalue weighted by molar-refractivity contribution is 5.88. The summed E-state index contributed by atoms with van der Waals surface area (Å²) in [6, 6.07) is 1.98.